The van der Waals surface area contributed by atoms with E-state index in [1.165, 1.54) is 0 Å². The Labute approximate surface area is 117 Å². The first-order chi connectivity index (χ1) is 8.40. The second kappa shape index (κ2) is 6.98. The molecule has 0 aromatic heterocycles. The zero-order valence-corrected chi connectivity index (χ0v) is 12.0. The minimum atomic E-state index is -0.457. The predicted octanol–water partition coefficient (Wildman–Crippen LogP) is 3.11. The van der Waals surface area contributed by atoms with Crippen LogP contribution in [0.4, 0.5) is 0 Å². The molecule has 18 heavy (non-hydrogen) atoms. The molecule has 0 fully saturated rings. The van der Waals surface area contributed by atoms with Crippen molar-refractivity contribution < 1.29 is 9.90 Å². The summed E-state index contributed by atoms with van der Waals surface area (Å²) in [7, 11) is 1.72. The van der Waals surface area contributed by atoms with Gasteiger partial charge in [0.05, 0.1) is 6.10 Å². The third-order valence-corrected chi connectivity index (χ3v) is 3.21. The molecule has 1 aromatic rings. The van der Waals surface area contributed by atoms with Crippen molar-refractivity contribution >= 4 is 29.1 Å². The monoisotopic (exact) mass is 289 g/mol. The Morgan fingerprint density at radius 2 is 2.11 bits per heavy atom. The highest BCUT2D eigenvalue weighted by molar-refractivity contribution is 6.35. The van der Waals surface area contributed by atoms with Crippen molar-refractivity contribution in [2.75, 3.05) is 7.05 Å². The first kappa shape index (κ1) is 15.3. The molecule has 0 aliphatic heterocycles. The lowest BCUT2D eigenvalue weighted by Crippen LogP contribution is -2.26. The van der Waals surface area contributed by atoms with E-state index < -0.39 is 6.10 Å². The summed E-state index contributed by atoms with van der Waals surface area (Å²) in [6, 6.07) is 5.21. The van der Waals surface area contributed by atoms with Gasteiger partial charge in [-0.3, -0.25) is 4.79 Å². The van der Waals surface area contributed by atoms with E-state index in [4.69, 9.17) is 28.3 Å². The van der Waals surface area contributed by atoms with Crippen LogP contribution in [0.15, 0.2) is 18.2 Å². The summed E-state index contributed by atoms with van der Waals surface area (Å²) < 4.78 is 0. The van der Waals surface area contributed by atoms with E-state index in [9.17, 15) is 4.79 Å². The highest BCUT2D eigenvalue weighted by Crippen LogP contribution is 2.22. The maximum atomic E-state index is 11.8. The Kier molecular flexibility index (Phi) is 5.93. The number of aliphatic hydroxyl groups excluding tert-OH is 1. The summed E-state index contributed by atoms with van der Waals surface area (Å²) in [4.78, 5) is 13.4. The maximum absolute atomic E-state index is 11.8. The van der Waals surface area contributed by atoms with Gasteiger partial charge in [-0.15, -0.1) is 0 Å². The minimum absolute atomic E-state index is 0.0121. The number of rotatable bonds is 5. The molecule has 1 amide bonds. The first-order valence-electron chi connectivity index (χ1n) is 5.76. The van der Waals surface area contributed by atoms with Crippen molar-refractivity contribution in [2.24, 2.45) is 0 Å². The van der Waals surface area contributed by atoms with Crippen molar-refractivity contribution in [1.29, 1.82) is 0 Å². The van der Waals surface area contributed by atoms with E-state index in [0.717, 1.165) is 5.56 Å². The minimum Gasteiger partial charge on any atom is -0.393 e. The summed E-state index contributed by atoms with van der Waals surface area (Å²) >= 11 is 11.9. The quantitative estimate of drug-likeness (QED) is 0.905. The Morgan fingerprint density at radius 3 is 2.67 bits per heavy atom. The second-order valence-electron chi connectivity index (χ2n) is 4.37. The van der Waals surface area contributed by atoms with Gasteiger partial charge < -0.3 is 10.0 Å². The second-order valence-corrected chi connectivity index (χ2v) is 5.22. The molecule has 3 nitrogen and oxygen atoms in total. The number of benzene rings is 1. The van der Waals surface area contributed by atoms with Gasteiger partial charge in [0.1, 0.15) is 0 Å². The van der Waals surface area contributed by atoms with Gasteiger partial charge in [-0.05, 0) is 31.0 Å². The normalized spacial score (nSPS) is 12.3. The smallest absolute Gasteiger partial charge is 0.222 e. The lowest BCUT2D eigenvalue weighted by molar-refractivity contribution is -0.131. The van der Waals surface area contributed by atoms with Gasteiger partial charge in [-0.1, -0.05) is 29.3 Å². The summed E-state index contributed by atoms with van der Waals surface area (Å²) in [5.41, 5.74) is 0.856. The van der Waals surface area contributed by atoms with Crippen LogP contribution < -0.4 is 0 Å². The van der Waals surface area contributed by atoms with Gasteiger partial charge in [0.2, 0.25) is 5.91 Å². The molecule has 5 heteroatoms. The van der Waals surface area contributed by atoms with Gasteiger partial charge in [-0.25, -0.2) is 0 Å². The number of aliphatic hydroxyl groups is 1. The number of carbonyl (C=O) groups is 1. The number of amides is 1. The van der Waals surface area contributed by atoms with Crippen LogP contribution in [0.25, 0.3) is 0 Å². The average molecular weight is 290 g/mol. The molecule has 0 saturated carbocycles. The lowest BCUT2D eigenvalue weighted by Gasteiger charge is -2.18. The number of halogens is 2. The summed E-state index contributed by atoms with van der Waals surface area (Å²) in [5, 5.41) is 10.3. The molecule has 0 saturated heterocycles. The Balaban J connectivity index is 2.58. The van der Waals surface area contributed by atoms with Crippen molar-refractivity contribution in [3.8, 4) is 0 Å². The van der Waals surface area contributed by atoms with E-state index in [0.29, 0.717) is 29.4 Å². The largest absolute Gasteiger partial charge is 0.393 e. The average Bonchev–Trinajstić information content (AvgIpc) is 2.29. The number of nitrogens with zero attached hydrogens (tertiary/aromatic N) is 1. The zero-order valence-electron chi connectivity index (χ0n) is 10.5. The lowest BCUT2D eigenvalue weighted by atomic mass is 10.2. The van der Waals surface area contributed by atoms with Crippen LogP contribution in [0.3, 0.4) is 0 Å². The number of hydrogen-bond acceptors (Lipinski definition) is 2. The molecule has 0 heterocycles. The molecular formula is C13H17Cl2NO2. The molecule has 100 valence electrons. The fourth-order valence-electron chi connectivity index (χ4n) is 1.52. The van der Waals surface area contributed by atoms with Gasteiger partial charge in [0.25, 0.3) is 0 Å². The molecule has 1 atom stereocenters. The zero-order chi connectivity index (χ0) is 13.7. The van der Waals surface area contributed by atoms with Crippen molar-refractivity contribution in [1.82, 2.24) is 4.90 Å². The van der Waals surface area contributed by atoms with Crippen molar-refractivity contribution in [3.05, 3.63) is 33.8 Å². The summed E-state index contributed by atoms with van der Waals surface area (Å²) in [5.74, 6) is -0.0121. The molecule has 0 aliphatic rings. The molecule has 0 spiro atoms. The molecule has 0 bridgehead atoms. The molecule has 0 radical (unpaired) electrons. The molecule has 1 rings (SSSR count). The molecule has 1 N–H and O–H groups in total. The van der Waals surface area contributed by atoms with E-state index in [1.807, 2.05) is 6.07 Å². The van der Waals surface area contributed by atoms with E-state index in [1.54, 1.807) is 31.0 Å². The predicted molar refractivity (Wildman–Crippen MR) is 73.9 cm³/mol. The van der Waals surface area contributed by atoms with Gasteiger partial charge >= 0.3 is 0 Å². The number of carbonyl (C=O) groups excluding carboxylic acids is 1. The SMILES string of the molecule is CC(O)CCC(=O)N(C)Cc1ccc(Cl)cc1Cl. The van der Waals surface area contributed by atoms with Crippen molar-refractivity contribution in [2.45, 2.75) is 32.4 Å². The molecule has 1 unspecified atom stereocenters. The van der Waals surface area contributed by atoms with Crippen LogP contribution in [0.1, 0.15) is 25.3 Å². The molecule has 0 aliphatic carbocycles. The van der Waals surface area contributed by atoms with E-state index in [-0.39, 0.29) is 5.91 Å². The molecule has 1 aromatic carbocycles. The van der Waals surface area contributed by atoms with Crippen LogP contribution in [0.5, 0.6) is 0 Å². The van der Waals surface area contributed by atoms with E-state index in [2.05, 4.69) is 0 Å². The van der Waals surface area contributed by atoms with E-state index >= 15 is 0 Å². The standard InChI is InChI=1S/C13H17Cl2NO2/c1-9(17)3-6-13(18)16(2)8-10-4-5-11(14)7-12(10)15/h4-5,7,9,17H,3,6,8H2,1-2H3. The van der Waals surface area contributed by atoms with Gasteiger partial charge in [0, 0.05) is 30.1 Å². The highest BCUT2D eigenvalue weighted by atomic mass is 35.5. The summed E-state index contributed by atoms with van der Waals surface area (Å²) in [6.45, 7) is 2.11. The molecular weight excluding hydrogens is 273 g/mol. The fraction of sp³-hybridized carbons (Fsp3) is 0.462. The topological polar surface area (TPSA) is 40.5 Å². The third-order valence-electron chi connectivity index (χ3n) is 2.62. The first-order valence-corrected chi connectivity index (χ1v) is 6.51. The third kappa shape index (κ3) is 4.84. The Bertz CT molecular complexity index is 421. The maximum Gasteiger partial charge on any atom is 0.222 e. The van der Waals surface area contributed by atoms with Gasteiger partial charge in [-0.2, -0.15) is 0 Å². The van der Waals surface area contributed by atoms with Crippen molar-refractivity contribution in [3.63, 3.8) is 0 Å². The van der Waals surface area contributed by atoms with Gasteiger partial charge in [0.15, 0.2) is 0 Å². The Hall–Kier alpha value is -0.770. The van der Waals surface area contributed by atoms with Crippen LogP contribution >= 0.6 is 23.2 Å². The number of hydrogen-bond donors (Lipinski definition) is 1. The fourth-order valence-corrected chi connectivity index (χ4v) is 1.99. The Morgan fingerprint density at radius 1 is 1.44 bits per heavy atom. The highest BCUT2D eigenvalue weighted by Gasteiger charge is 2.12. The van der Waals surface area contributed by atoms with Crippen LogP contribution in [-0.4, -0.2) is 29.1 Å². The van der Waals surface area contributed by atoms with Crippen LogP contribution in [0, 0.1) is 0 Å². The summed E-state index contributed by atoms with van der Waals surface area (Å²) in [6.07, 6.45) is 0.346. The van der Waals surface area contributed by atoms with Crippen LogP contribution in [-0.2, 0) is 11.3 Å². The van der Waals surface area contributed by atoms with Crippen LogP contribution in [0.2, 0.25) is 10.0 Å².